The van der Waals surface area contributed by atoms with Gasteiger partial charge in [0.2, 0.25) is 15.9 Å². The maximum atomic E-state index is 13.8. The van der Waals surface area contributed by atoms with Crippen molar-refractivity contribution in [2.75, 3.05) is 18.4 Å². The molecule has 140 valence electrons. The maximum absolute atomic E-state index is 13.8. The summed E-state index contributed by atoms with van der Waals surface area (Å²) in [5.41, 5.74) is 6.19. The topological polar surface area (TPSA) is 92.5 Å². The van der Waals surface area contributed by atoms with E-state index in [9.17, 15) is 17.6 Å². The number of nitrogens with two attached hydrogens (primary N) is 1. The van der Waals surface area contributed by atoms with Crippen LogP contribution in [-0.4, -0.2) is 31.7 Å². The monoisotopic (exact) mass is 379 g/mol. The number of hydrogen-bond donors (Lipinski definition) is 2. The largest absolute Gasteiger partial charge is 0.330 e. The smallest absolute Gasteiger partial charge is 0.243 e. The van der Waals surface area contributed by atoms with Crippen LogP contribution in [0, 0.1) is 5.82 Å². The first-order valence-corrected chi connectivity index (χ1v) is 9.60. The minimum absolute atomic E-state index is 0.0874. The van der Waals surface area contributed by atoms with E-state index in [0.29, 0.717) is 13.0 Å². The lowest BCUT2D eigenvalue weighted by atomic mass is 10.2. The van der Waals surface area contributed by atoms with Gasteiger partial charge in [0.15, 0.2) is 0 Å². The van der Waals surface area contributed by atoms with Crippen LogP contribution in [0.15, 0.2) is 53.4 Å². The summed E-state index contributed by atoms with van der Waals surface area (Å²) in [6.07, 6.45) is 0.492. The van der Waals surface area contributed by atoms with Crippen molar-refractivity contribution in [1.29, 1.82) is 0 Å². The quantitative estimate of drug-likeness (QED) is 0.736. The number of anilines is 1. The normalized spacial score (nSPS) is 11.5. The summed E-state index contributed by atoms with van der Waals surface area (Å²) in [6.45, 7) is 1.99. The van der Waals surface area contributed by atoms with Gasteiger partial charge in [0.05, 0.1) is 10.6 Å². The number of carbonyl (C=O) groups excluding carboxylic acids is 1. The zero-order chi connectivity index (χ0) is 19.2. The Bertz CT molecular complexity index is 857. The van der Waals surface area contributed by atoms with Crippen molar-refractivity contribution in [3.8, 4) is 0 Å². The fourth-order valence-corrected chi connectivity index (χ4v) is 3.93. The molecule has 2 aromatic rings. The third-order valence-electron chi connectivity index (χ3n) is 3.70. The van der Waals surface area contributed by atoms with Crippen molar-refractivity contribution in [2.24, 2.45) is 5.73 Å². The van der Waals surface area contributed by atoms with Gasteiger partial charge in [-0.2, -0.15) is 4.31 Å². The van der Waals surface area contributed by atoms with E-state index in [1.807, 2.05) is 30.3 Å². The zero-order valence-electron chi connectivity index (χ0n) is 14.5. The number of nitrogens with one attached hydrogen (secondary N) is 1. The molecule has 8 heteroatoms. The van der Waals surface area contributed by atoms with E-state index >= 15 is 0 Å². The lowest BCUT2D eigenvalue weighted by Crippen LogP contribution is -2.32. The highest BCUT2D eigenvalue weighted by molar-refractivity contribution is 7.89. The molecule has 0 unspecified atom stereocenters. The van der Waals surface area contributed by atoms with Gasteiger partial charge in [0.25, 0.3) is 0 Å². The fraction of sp³-hybridized carbons (Fsp3) is 0.278. The first kappa shape index (κ1) is 20.0. The van der Waals surface area contributed by atoms with Crippen molar-refractivity contribution < 1.29 is 17.6 Å². The van der Waals surface area contributed by atoms with Gasteiger partial charge >= 0.3 is 0 Å². The number of halogens is 1. The number of amides is 1. The summed E-state index contributed by atoms with van der Waals surface area (Å²) in [5.74, 6) is -1.18. The van der Waals surface area contributed by atoms with Crippen LogP contribution < -0.4 is 11.1 Å². The first-order chi connectivity index (χ1) is 12.3. The van der Waals surface area contributed by atoms with E-state index in [1.54, 1.807) is 0 Å². The first-order valence-electron chi connectivity index (χ1n) is 8.16. The van der Waals surface area contributed by atoms with Crippen molar-refractivity contribution in [2.45, 2.75) is 24.8 Å². The zero-order valence-corrected chi connectivity index (χ0v) is 15.3. The Hall–Kier alpha value is -2.29. The molecule has 0 spiro atoms. The number of nitrogens with zero attached hydrogens (tertiary/aromatic N) is 1. The van der Waals surface area contributed by atoms with Crippen molar-refractivity contribution in [1.82, 2.24) is 4.31 Å². The molecule has 6 nitrogen and oxygen atoms in total. The predicted molar refractivity (Wildman–Crippen MR) is 98.4 cm³/mol. The molecular formula is C18H22FN3O3S. The van der Waals surface area contributed by atoms with Crippen molar-refractivity contribution in [3.63, 3.8) is 0 Å². The minimum atomic E-state index is -3.89. The third-order valence-corrected chi connectivity index (χ3v) is 5.54. The van der Waals surface area contributed by atoms with Crippen LogP contribution >= 0.6 is 0 Å². The SMILES string of the molecule is CC(=O)Nc1cc(S(=O)(=O)N(CCCN)Cc2ccccc2)ccc1F. The van der Waals surface area contributed by atoms with Gasteiger partial charge in [-0.1, -0.05) is 30.3 Å². The summed E-state index contributed by atoms with van der Waals surface area (Å²) in [7, 11) is -3.89. The number of hydrogen-bond acceptors (Lipinski definition) is 4. The van der Waals surface area contributed by atoms with E-state index in [4.69, 9.17) is 5.73 Å². The molecule has 0 aliphatic carbocycles. The molecule has 0 aliphatic heterocycles. The van der Waals surface area contributed by atoms with Gasteiger partial charge in [-0.25, -0.2) is 12.8 Å². The molecule has 2 rings (SSSR count). The van der Waals surface area contributed by atoms with E-state index in [2.05, 4.69) is 5.32 Å². The van der Waals surface area contributed by atoms with Crippen LogP contribution in [0.3, 0.4) is 0 Å². The Morgan fingerprint density at radius 2 is 1.88 bits per heavy atom. The number of sulfonamides is 1. The third kappa shape index (κ3) is 5.10. The summed E-state index contributed by atoms with van der Waals surface area (Å²) in [6, 6.07) is 12.5. The lowest BCUT2D eigenvalue weighted by molar-refractivity contribution is -0.114. The van der Waals surface area contributed by atoms with Crippen molar-refractivity contribution in [3.05, 3.63) is 59.9 Å². The molecule has 1 amide bonds. The molecule has 0 aromatic heterocycles. The van der Waals surface area contributed by atoms with Crippen LogP contribution in [-0.2, 0) is 21.4 Å². The summed E-state index contributed by atoms with van der Waals surface area (Å²) >= 11 is 0. The maximum Gasteiger partial charge on any atom is 0.243 e. The molecular weight excluding hydrogens is 357 g/mol. The number of benzene rings is 2. The second kappa shape index (κ2) is 8.88. The number of rotatable bonds is 8. The van der Waals surface area contributed by atoms with Gasteiger partial charge in [0, 0.05) is 20.0 Å². The molecule has 0 saturated heterocycles. The van der Waals surface area contributed by atoms with Gasteiger partial charge in [0.1, 0.15) is 5.82 Å². The van der Waals surface area contributed by atoms with Crippen molar-refractivity contribution >= 4 is 21.6 Å². The van der Waals surface area contributed by atoms with Crippen LogP contribution in [0.4, 0.5) is 10.1 Å². The van der Waals surface area contributed by atoms with Crippen LogP contribution in [0.2, 0.25) is 0 Å². The Labute approximate surface area is 152 Å². The Balaban J connectivity index is 2.37. The predicted octanol–water partition coefficient (Wildman–Crippen LogP) is 2.32. The van der Waals surface area contributed by atoms with Crippen LogP contribution in [0.5, 0.6) is 0 Å². The van der Waals surface area contributed by atoms with Gasteiger partial charge < -0.3 is 11.1 Å². The molecule has 0 bridgehead atoms. The highest BCUT2D eigenvalue weighted by atomic mass is 32.2. The van der Waals surface area contributed by atoms with E-state index in [1.165, 1.54) is 17.3 Å². The molecule has 0 heterocycles. The molecule has 0 radical (unpaired) electrons. The molecule has 0 atom stereocenters. The van der Waals surface area contributed by atoms with E-state index in [-0.39, 0.29) is 23.7 Å². The lowest BCUT2D eigenvalue weighted by Gasteiger charge is -2.22. The average Bonchev–Trinajstić information content (AvgIpc) is 2.60. The van der Waals surface area contributed by atoms with Crippen LogP contribution in [0.1, 0.15) is 18.9 Å². The Morgan fingerprint density at radius 1 is 1.19 bits per heavy atom. The van der Waals surface area contributed by atoms with Gasteiger partial charge in [-0.3, -0.25) is 4.79 Å². The molecule has 0 saturated carbocycles. The van der Waals surface area contributed by atoms with Gasteiger partial charge in [-0.15, -0.1) is 0 Å². The molecule has 0 aliphatic rings. The standard InChI is InChI=1S/C18H22FN3O3S/c1-14(23)21-18-12-16(8-9-17(18)19)26(24,25)22(11-5-10-20)13-15-6-3-2-4-7-15/h2-4,6-9,12H,5,10-11,13,20H2,1H3,(H,21,23). The minimum Gasteiger partial charge on any atom is -0.330 e. The van der Waals surface area contributed by atoms with Crippen LogP contribution in [0.25, 0.3) is 0 Å². The summed E-state index contributed by atoms with van der Waals surface area (Å²) in [4.78, 5) is 11.1. The second-order valence-electron chi connectivity index (χ2n) is 5.79. The average molecular weight is 379 g/mol. The Morgan fingerprint density at radius 3 is 2.50 bits per heavy atom. The fourth-order valence-electron chi connectivity index (χ4n) is 2.44. The van der Waals surface area contributed by atoms with Gasteiger partial charge in [-0.05, 0) is 36.7 Å². The second-order valence-corrected chi connectivity index (χ2v) is 7.73. The molecule has 3 N–H and O–H groups in total. The molecule has 26 heavy (non-hydrogen) atoms. The highest BCUT2D eigenvalue weighted by Gasteiger charge is 2.25. The Kier molecular flexibility index (Phi) is 6.84. The van der Waals surface area contributed by atoms with E-state index < -0.39 is 21.7 Å². The highest BCUT2D eigenvalue weighted by Crippen LogP contribution is 2.24. The molecule has 2 aromatic carbocycles. The van der Waals surface area contributed by atoms with E-state index in [0.717, 1.165) is 17.7 Å². The summed E-state index contributed by atoms with van der Waals surface area (Å²) < 4.78 is 41.2. The number of carbonyl (C=O) groups is 1. The summed E-state index contributed by atoms with van der Waals surface area (Å²) in [5, 5.41) is 2.30. The molecule has 0 fully saturated rings.